The molecule has 1 aromatic carbocycles. The summed E-state index contributed by atoms with van der Waals surface area (Å²) in [4.78, 5) is 11.0. The van der Waals surface area contributed by atoms with Crippen molar-refractivity contribution < 1.29 is 9.47 Å². The van der Waals surface area contributed by atoms with Crippen molar-refractivity contribution >= 4 is 17.3 Å². The van der Waals surface area contributed by atoms with E-state index in [-0.39, 0.29) is 5.79 Å². The van der Waals surface area contributed by atoms with Gasteiger partial charge in [-0.15, -0.1) is 0 Å². The number of aromatic nitrogens is 2. The highest BCUT2D eigenvalue weighted by atomic mass is 16.7. The Kier molecular flexibility index (Phi) is 4.08. The van der Waals surface area contributed by atoms with Crippen LogP contribution in [0.2, 0.25) is 0 Å². The van der Waals surface area contributed by atoms with Gasteiger partial charge >= 0.3 is 0 Å². The van der Waals surface area contributed by atoms with Gasteiger partial charge in [-0.1, -0.05) is 12.1 Å². The summed E-state index contributed by atoms with van der Waals surface area (Å²) in [6, 6.07) is 10.2. The number of hydrogen-bond donors (Lipinski definition) is 1. The Hall–Kier alpha value is -2.18. The van der Waals surface area contributed by atoms with Crippen LogP contribution >= 0.6 is 0 Å². The predicted molar refractivity (Wildman–Crippen MR) is 92.6 cm³/mol. The van der Waals surface area contributed by atoms with Crippen molar-refractivity contribution in [2.75, 3.05) is 36.5 Å². The number of benzene rings is 1. The van der Waals surface area contributed by atoms with Gasteiger partial charge in [-0.2, -0.15) is 0 Å². The summed E-state index contributed by atoms with van der Waals surface area (Å²) in [5, 5.41) is 3.35. The molecule has 126 valence electrons. The quantitative estimate of drug-likeness (QED) is 0.936. The van der Waals surface area contributed by atoms with E-state index in [9.17, 15) is 0 Å². The molecular weight excluding hydrogens is 304 g/mol. The molecule has 0 radical (unpaired) electrons. The van der Waals surface area contributed by atoms with E-state index in [4.69, 9.17) is 9.47 Å². The number of hydrogen-bond acceptors (Lipinski definition) is 6. The van der Waals surface area contributed by atoms with Crippen LogP contribution in [0.3, 0.4) is 0 Å². The second-order valence-electron chi connectivity index (χ2n) is 6.35. The topological polar surface area (TPSA) is 59.5 Å². The highest BCUT2D eigenvalue weighted by molar-refractivity contribution is 5.60. The van der Waals surface area contributed by atoms with Crippen LogP contribution in [0.25, 0.3) is 0 Å². The molecule has 2 aliphatic heterocycles. The Morgan fingerprint density at radius 3 is 2.62 bits per heavy atom. The van der Waals surface area contributed by atoms with Crippen LogP contribution in [0.5, 0.6) is 0 Å². The van der Waals surface area contributed by atoms with Gasteiger partial charge in [0.15, 0.2) is 5.79 Å². The highest BCUT2D eigenvalue weighted by Crippen LogP contribution is 2.33. The zero-order valence-electron chi connectivity index (χ0n) is 13.9. The molecule has 0 amide bonds. The maximum absolute atomic E-state index is 5.79. The van der Waals surface area contributed by atoms with Gasteiger partial charge in [-0.3, -0.25) is 0 Å². The third-order valence-electron chi connectivity index (χ3n) is 4.61. The number of nitrogens with one attached hydrogen (secondary N) is 1. The van der Waals surface area contributed by atoms with Crippen molar-refractivity contribution in [2.45, 2.75) is 25.6 Å². The van der Waals surface area contributed by atoms with E-state index in [1.54, 1.807) is 6.33 Å². The summed E-state index contributed by atoms with van der Waals surface area (Å²) in [5.74, 6) is 1.39. The fourth-order valence-corrected chi connectivity index (χ4v) is 3.32. The highest BCUT2D eigenvalue weighted by Gasteiger charge is 2.40. The predicted octanol–water partition coefficient (Wildman–Crippen LogP) is 2.87. The first-order chi connectivity index (χ1) is 11.7. The minimum absolute atomic E-state index is 0.355. The Bertz CT molecular complexity index is 706. The van der Waals surface area contributed by atoms with Crippen LogP contribution in [0, 0.1) is 6.92 Å². The van der Waals surface area contributed by atoms with Gasteiger partial charge in [0.05, 0.1) is 13.2 Å². The van der Waals surface area contributed by atoms with Crippen LogP contribution < -0.4 is 10.2 Å². The summed E-state index contributed by atoms with van der Waals surface area (Å²) in [7, 11) is 0. The molecule has 2 aromatic rings. The summed E-state index contributed by atoms with van der Waals surface area (Å²) >= 11 is 0. The molecule has 2 aliphatic rings. The second kappa shape index (κ2) is 6.37. The molecule has 3 heterocycles. The van der Waals surface area contributed by atoms with E-state index in [0.29, 0.717) is 13.2 Å². The van der Waals surface area contributed by atoms with E-state index in [1.807, 2.05) is 18.2 Å². The lowest BCUT2D eigenvalue weighted by Gasteiger charge is -2.38. The molecule has 2 fully saturated rings. The lowest BCUT2D eigenvalue weighted by Crippen LogP contribution is -2.45. The van der Waals surface area contributed by atoms with E-state index >= 15 is 0 Å². The summed E-state index contributed by atoms with van der Waals surface area (Å²) in [5.41, 5.74) is 2.25. The number of nitrogens with zero attached hydrogens (tertiary/aromatic N) is 3. The van der Waals surface area contributed by atoms with Crippen LogP contribution in [0.15, 0.2) is 36.7 Å². The minimum Gasteiger partial charge on any atom is -0.356 e. The van der Waals surface area contributed by atoms with Gasteiger partial charge in [0.25, 0.3) is 0 Å². The normalized spacial score (nSPS) is 19.6. The summed E-state index contributed by atoms with van der Waals surface area (Å²) in [6.45, 7) is 5.24. The average molecular weight is 326 g/mol. The number of ether oxygens (including phenoxy) is 2. The maximum Gasteiger partial charge on any atom is 0.171 e. The Morgan fingerprint density at radius 2 is 1.88 bits per heavy atom. The van der Waals surface area contributed by atoms with E-state index in [1.165, 1.54) is 5.56 Å². The number of aryl methyl sites for hydroxylation is 1. The summed E-state index contributed by atoms with van der Waals surface area (Å²) in [6.07, 6.45) is 3.36. The molecule has 6 nitrogen and oxygen atoms in total. The van der Waals surface area contributed by atoms with Crippen molar-refractivity contribution in [1.29, 1.82) is 0 Å². The molecular formula is C18H22N4O2. The number of rotatable bonds is 3. The molecule has 24 heavy (non-hydrogen) atoms. The lowest BCUT2D eigenvalue weighted by molar-refractivity contribution is -0.169. The van der Waals surface area contributed by atoms with Gasteiger partial charge in [0.1, 0.15) is 18.0 Å². The summed E-state index contributed by atoms with van der Waals surface area (Å²) < 4.78 is 11.6. The van der Waals surface area contributed by atoms with Gasteiger partial charge in [-0.25, -0.2) is 9.97 Å². The van der Waals surface area contributed by atoms with Crippen LogP contribution in [-0.4, -0.2) is 42.1 Å². The molecule has 0 unspecified atom stereocenters. The van der Waals surface area contributed by atoms with Crippen molar-refractivity contribution in [3.05, 3.63) is 42.2 Å². The van der Waals surface area contributed by atoms with Gasteiger partial charge < -0.3 is 19.7 Å². The van der Waals surface area contributed by atoms with Crippen molar-refractivity contribution in [3.8, 4) is 0 Å². The molecule has 1 spiro atoms. The van der Waals surface area contributed by atoms with Crippen molar-refractivity contribution in [3.63, 3.8) is 0 Å². The first-order valence-electron chi connectivity index (χ1n) is 8.41. The third kappa shape index (κ3) is 3.20. The van der Waals surface area contributed by atoms with Crippen molar-refractivity contribution in [2.24, 2.45) is 0 Å². The lowest BCUT2D eigenvalue weighted by atomic mass is 10.0. The maximum atomic E-state index is 5.79. The minimum atomic E-state index is -0.355. The molecule has 0 bridgehead atoms. The molecule has 4 rings (SSSR count). The molecule has 2 saturated heterocycles. The van der Waals surface area contributed by atoms with Crippen LogP contribution in [-0.2, 0) is 9.47 Å². The molecule has 0 saturated carbocycles. The SMILES string of the molecule is Cc1cccc(Nc2cc(N3CCC4(CC3)OCCO4)ncn2)c1. The largest absolute Gasteiger partial charge is 0.356 e. The van der Waals surface area contributed by atoms with Gasteiger partial charge in [0, 0.05) is 37.7 Å². The fourth-order valence-electron chi connectivity index (χ4n) is 3.32. The van der Waals surface area contributed by atoms with Crippen LogP contribution in [0.4, 0.5) is 17.3 Å². The van der Waals surface area contributed by atoms with E-state index in [2.05, 4.69) is 39.2 Å². The molecule has 0 aliphatic carbocycles. The second-order valence-corrected chi connectivity index (χ2v) is 6.35. The monoisotopic (exact) mass is 326 g/mol. The first-order valence-corrected chi connectivity index (χ1v) is 8.41. The van der Waals surface area contributed by atoms with Gasteiger partial charge in [-0.05, 0) is 24.6 Å². The smallest absolute Gasteiger partial charge is 0.171 e. The zero-order valence-corrected chi connectivity index (χ0v) is 13.9. The van der Waals surface area contributed by atoms with Crippen LogP contribution in [0.1, 0.15) is 18.4 Å². The zero-order chi connectivity index (χ0) is 16.4. The molecule has 0 atom stereocenters. The Morgan fingerprint density at radius 1 is 1.08 bits per heavy atom. The van der Waals surface area contributed by atoms with E-state index in [0.717, 1.165) is 43.3 Å². The standard InChI is InChI=1S/C18H22N4O2/c1-14-3-2-4-15(11-14)21-16-12-17(20-13-19-16)22-7-5-18(6-8-22)23-9-10-24-18/h2-4,11-13H,5-10H2,1H3,(H,19,20,21). The van der Waals surface area contributed by atoms with Crippen molar-refractivity contribution in [1.82, 2.24) is 9.97 Å². The third-order valence-corrected chi connectivity index (χ3v) is 4.61. The van der Waals surface area contributed by atoms with E-state index < -0.39 is 0 Å². The fraction of sp³-hybridized carbons (Fsp3) is 0.444. The molecule has 1 N–H and O–H groups in total. The average Bonchev–Trinajstić information content (AvgIpc) is 3.04. The molecule has 1 aromatic heterocycles. The number of anilines is 3. The number of piperidine rings is 1. The Balaban J connectivity index is 1.45. The molecule has 6 heteroatoms. The van der Waals surface area contributed by atoms with Gasteiger partial charge in [0.2, 0.25) is 0 Å². The first kappa shape index (κ1) is 15.4. The Labute approximate surface area is 141 Å².